The molecule has 2 heterocycles. The lowest BCUT2D eigenvalue weighted by Crippen LogP contribution is -2.42. The van der Waals surface area contributed by atoms with Crippen LogP contribution in [-0.2, 0) is 24.3 Å². The summed E-state index contributed by atoms with van der Waals surface area (Å²) in [5, 5.41) is 6.14. The van der Waals surface area contributed by atoms with Crippen molar-refractivity contribution in [1.82, 2.24) is 20.2 Å². The normalized spacial score (nSPS) is 16.1. The summed E-state index contributed by atoms with van der Waals surface area (Å²) in [6.07, 6.45) is 4.71. The van der Waals surface area contributed by atoms with Crippen molar-refractivity contribution in [3.8, 4) is 0 Å². The van der Waals surface area contributed by atoms with Crippen LogP contribution in [0, 0.1) is 0 Å². The predicted molar refractivity (Wildman–Crippen MR) is 103 cm³/mol. The van der Waals surface area contributed by atoms with Gasteiger partial charge in [-0.15, -0.1) is 36.6 Å². The maximum Gasteiger partial charge on any atom is 0.238 e. The van der Waals surface area contributed by atoms with E-state index in [0.717, 1.165) is 30.4 Å². The third-order valence-electron chi connectivity index (χ3n) is 3.74. The van der Waals surface area contributed by atoms with Crippen molar-refractivity contribution < 1.29 is 4.79 Å². The van der Waals surface area contributed by atoms with E-state index < -0.39 is 0 Å². The van der Waals surface area contributed by atoms with Gasteiger partial charge in [-0.3, -0.25) is 10.1 Å². The Hall–Kier alpha value is -1.21. The van der Waals surface area contributed by atoms with Crippen molar-refractivity contribution in [2.24, 2.45) is 0 Å². The molecule has 8 heteroatoms. The zero-order chi connectivity index (χ0) is 15.2. The molecule has 0 radical (unpaired) electrons. The van der Waals surface area contributed by atoms with Crippen molar-refractivity contribution in [1.29, 1.82) is 0 Å². The molecule has 1 amide bonds. The van der Waals surface area contributed by atoms with Crippen LogP contribution in [0.2, 0.25) is 0 Å². The number of carbonyl (C=O) groups is 1. The number of aryl methyl sites for hydroxylation is 2. The van der Waals surface area contributed by atoms with Gasteiger partial charge in [0, 0.05) is 30.6 Å². The first-order valence-electron chi connectivity index (χ1n) is 7.46. The highest BCUT2D eigenvalue weighted by atomic mass is 35.5. The molecule has 24 heavy (non-hydrogen) atoms. The van der Waals surface area contributed by atoms with Gasteiger partial charge < -0.3 is 9.88 Å². The first-order valence-corrected chi connectivity index (χ1v) is 8.61. The average molecular weight is 389 g/mol. The van der Waals surface area contributed by atoms with E-state index in [1.165, 1.54) is 5.56 Å². The van der Waals surface area contributed by atoms with Crippen LogP contribution < -0.4 is 10.6 Å². The minimum absolute atomic E-state index is 0. The molecule has 0 spiro atoms. The van der Waals surface area contributed by atoms with Crippen molar-refractivity contribution in [2.45, 2.75) is 25.6 Å². The summed E-state index contributed by atoms with van der Waals surface area (Å²) in [5.74, 6) is 2.65. The molecule has 1 aromatic heterocycles. The summed E-state index contributed by atoms with van der Waals surface area (Å²) in [6.45, 7) is 1.34. The molecule has 0 saturated carbocycles. The second-order valence-electron chi connectivity index (χ2n) is 5.26. The Morgan fingerprint density at radius 3 is 2.83 bits per heavy atom. The van der Waals surface area contributed by atoms with E-state index in [-0.39, 0.29) is 36.8 Å². The number of carbonyl (C=O) groups excluding carboxylic acids is 1. The molecule has 1 atom stereocenters. The lowest BCUT2D eigenvalue weighted by molar-refractivity contribution is -0.122. The Kier molecular flexibility index (Phi) is 9.21. The monoisotopic (exact) mass is 388 g/mol. The molecule has 5 nitrogen and oxygen atoms in total. The zero-order valence-corrected chi connectivity index (χ0v) is 15.6. The van der Waals surface area contributed by atoms with E-state index in [4.69, 9.17) is 0 Å². The van der Waals surface area contributed by atoms with Gasteiger partial charge in [0.25, 0.3) is 0 Å². The SMILES string of the molecule is Cl.Cl.O=C(NCc1nccn1CCc1ccccc1)C1CSCN1. The third-order valence-corrected chi connectivity index (χ3v) is 4.68. The molecule has 1 aromatic carbocycles. The zero-order valence-electron chi connectivity index (χ0n) is 13.2. The Balaban J connectivity index is 0.00000144. The number of aromatic nitrogens is 2. The number of halogens is 2. The lowest BCUT2D eigenvalue weighted by atomic mass is 10.1. The van der Waals surface area contributed by atoms with Crippen LogP contribution in [-0.4, -0.2) is 33.1 Å². The number of imidazole rings is 1. The van der Waals surface area contributed by atoms with E-state index in [1.807, 2.05) is 12.3 Å². The summed E-state index contributed by atoms with van der Waals surface area (Å²) in [7, 11) is 0. The minimum atomic E-state index is -0.0715. The minimum Gasteiger partial charge on any atom is -0.347 e. The van der Waals surface area contributed by atoms with Crippen LogP contribution in [0.1, 0.15) is 11.4 Å². The number of benzene rings is 1. The Morgan fingerprint density at radius 2 is 2.12 bits per heavy atom. The highest BCUT2D eigenvalue weighted by Gasteiger charge is 2.22. The Bertz CT molecular complexity index is 618. The molecule has 1 aliphatic rings. The number of rotatable bonds is 6. The quantitative estimate of drug-likeness (QED) is 0.796. The Labute approximate surface area is 158 Å². The molecule has 1 unspecified atom stereocenters. The fraction of sp³-hybridized carbons (Fsp3) is 0.375. The van der Waals surface area contributed by atoms with Gasteiger partial charge in [-0.2, -0.15) is 0 Å². The van der Waals surface area contributed by atoms with Crippen molar-refractivity contribution in [3.05, 3.63) is 54.1 Å². The Morgan fingerprint density at radius 1 is 1.33 bits per heavy atom. The van der Waals surface area contributed by atoms with Gasteiger partial charge in [0.2, 0.25) is 5.91 Å². The van der Waals surface area contributed by atoms with Gasteiger partial charge in [0.05, 0.1) is 12.6 Å². The molecule has 1 fully saturated rings. The van der Waals surface area contributed by atoms with Gasteiger partial charge in [0.15, 0.2) is 0 Å². The van der Waals surface area contributed by atoms with Crippen LogP contribution >= 0.6 is 36.6 Å². The number of nitrogens with one attached hydrogen (secondary N) is 2. The standard InChI is InChI=1S/C16H20N4OS.2ClH/c21-16(14-11-22-12-19-14)18-10-15-17-7-9-20(15)8-6-13-4-2-1-3-5-13;;/h1-5,7,9,14,19H,6,8,10-12H2,(H,18,21);2*1H. The largest absolute Gasteiger partial charge is 0.347 e. The van der Waals surface area contributed by atoms with E-state index in [2.05, 4.69) is 44.5 Å². The van der Waals surface area contributed by atoms with Crippen LogP contribution in [0.3, 0.4) is 0 Å². The van der Waals surface area contributed by atoms with Crippen molar-refractivity contribution >= 4 is 42.5 Å². The topological polar surface area (TPSA) is 59.0 Å². The molecular weight excluding hydrogens is 367 g/mol. The molecular formula is C16H22Cl2N4OS. The van der Waals surface area contributed by atoms with E-state index >= 15 is 0 Å². The molecule has 0 bridgehead atoms. The summed E-state index contributed by atoms with van der Waals surface area (Å²) in [6, 6.07) is 10.3. The third kappa shape index (κ3) is 5.70. The van der Waals surface area contributed by atoms with E-state index in [1.54, 1.807) is 18.0 Å². The molecule has 1 saturated heterocycles. The van der Waals surface area contributed by atoms with E-state index in [0.29, 0.717) is 6.54 Å². The van der Waals surface area contributed by atoms with Crippen LogP contribution in [0.25, 0.3) is 0 Å². The van der Waals surface area contributed by atoms with Gasteiger partial charge in [-0.25, -0.2) is 4.98 Å². The fourth-order valence-electron chi connectivity index (χ4n) is 2.46. The molecule has 3 rings (SSSR count). The highest BCUT2D eigenvalue weighted by Crippen LogP contribution is 2.09. The maximum atomic E-state index is 12.0. The van der Waals surface area contributed by atoms with Crippen molar-refractivity contribution in [3.63, 3.8) is 0 Å². The number of amides is 1. The van der Waals surface area contributed by atoms with Crippen molar-refractivity contribution in [2.75, 3.05) is 11.6 Å². The molecule has 2 N–H and O–H groups in total. The fourth-order valence-corrected chi connectivity index (χ4v) is 3.40. The molecule has 2 aromatic rings. The van der Waals surface area contributed by atoms with Crippen LogP contribution in [0.15, 0.2) is 42.7 Å². The van der Waals surface area contributed by atoms with Crippen LogP contribution in [0.4, 0.5) is 0 Å². The summed E-state index contributed by atoms with van der Waals surface area (Å²) in [4.78, 5) is 16.4. The summed E-state index contributed by atoms with van der Waals surface area (Å²) >= 11 is 1.75. The predicted octanol–water partition coefficient (Wildman–Crippen LogP) is 2.25. The molecule has 0 aliphatic carbocycles. The smallest absolute Gasteiger partial charge is 0.238 e. The molecule has 1 aliphatic heterocycles. The number of hydrogen-bond donors (Lipinski definition) is 2. The van der Waals surface area contributed by atoms with E-state index in [9.17, 15) is 4.79 Å². The lowest BCUT2D eigenvalue weighted by Gasteiger charge is -2.12. The number of nitrogens with zero attached hydrogens (tertiary/aromatic N) is 2. The average Bonchev–Trinajstić information content (AvgIpc) is 3.23. The second-order valence-corrected chi connectivity index (χ2v) is 6.29. The van der Waals surface area contributed by atoms with Crippen LogP contribution in [0.5, 0.6) is 0 Å². The second kappa shape index (κ2) is 10.6. The highest BCUT2D eigenvalue weighted by molar-refractivity contribution is 7.99. The maximum absolute atomic E-state index is 12.0. The first kappa shape index (κ1) is 20.8. The summed E-state index contributed by atoms with van der Waals surface area (Å²) < 4.78 is 2.10. The number of thioether (sulfide) groups is 1. The van der Waals surface area contributed by atoms with Gasteiger partial charge in [-0.05, 0) is 12.0 Å². The number of hydrogen-bond acceptors (Lipinski definition) is 4. The molecule has 132 valence electrons. The van der Waals surface area contributed by atoms with Gasteiger partial charge >= 0.3 is 0 Å². The summed E-state index contributed by atoms with van der Waals surface area (Å²) in [5.41, 5.74) is 1.30. The van der Waals surface area contributed by atoms with Gasteiger partial charge in [0.1, 0.15) is 5.82 Å². The van der Waals surface area contributed by atoms with Gasteiger partial charge in [-0.1, -0.05) is 30.3 Å². The first-order chi connectivity index (χ1) is 10.8.